The average molecular weight is 256 g/mol. The molecule has 2 rings (SSSR count). The lowest BCUT2D eigenvalue weighted by atomic mass is 9.86. The van der Waals surface area contributed by atoms with E-state index in [1.807, 2.05) is 12.1 Å². The molecule has 0 bridgehead atoms. The Bertz CT molecular complexity index is 536. The summed E-state index contributed by atoms with van der Waals surface area (Å²) in [6.07, 6.45) is 0. The number of rotatable bonds is 5. The van der Waals surface area contributed by atoms with E-state index in [9.17, 15) is 9.90 Å². The number of Topliss-reactive ketones (excluding diaryl/α,β-unsaturated/α-hetero) is 1. The van der Waals surface area contributed by atoms with Crippen molar-refractivity contribution in [3.8, 4) is 0 Å². The van der Waals surface area contributed by atoms with Crippen LogP contribution >= 0.6 is 0 Å². The summed E-state index contributed by atoms with van der Waals surface area (Å²) in [7, 11) is 1.46. The molecule has 3 nitrogen and oxygen atoms in total. The Hall–Kier alpha value is -1.97. The van der Waals surface area contributed by atoms with E-state index >= 15 is 0 Å². The molecule has 0 spiro atoms. The van der Waals surface area contributed by atoms with Gasteiger partial charge in [-0.25, -0.2) is 0 Å². The Morgan fingerprint density at radius 1 is 1.05 bits per heavy atom. The molecule has 98 valence electrons. The first-order valence-electron chi connectivity index (χ1n) is 6.05. The minimum atomic E-state index is -1.66. The second-order valence-corrected chi connectivity index (χ2v) is 4.35. The zero-order chi connectivity index (χ0) is 13.7. The van der Waals surface area contributed by atoms with Crippen LogP contribution in [0.2, 0.25) is 0 Å². The van der Waals surface area contributed by atoms with Crippen LogP contribution in [0.3, 0.4) is 0 Å². The van der Waals surface area contributed by atoms with Crippen molar-refractivity contribution in [3.63, 3.8) is 0 Å². The van der Waals surface area contributed by atoms with Crippen LogP contribution in [-0.4, -0.2) is 24.6 Å². The number of carbonyl (C=O) groups excluding carboxylic acids is 1. The largest absolute Gasteiger partial charge is 0.381 e. The van der Waals surface area contributed by atoms with Gasteiger partial charge in [0.2, 0.25) is 5.78 Å². The molecule has 0 aromatic heterocycles. The summed E-state index contributed by atoms with van der Waals surface area (Å²) in [6, 6.07) is 17.6. The number of methoxy groups -OCH3 is 1. The van der Waals surface area contributed by atoms with Crippen molar-refractivity contribution < 1.29 is 14.6 Å². The number of hydrogen-bond donors (Lipinski definition) is 1. The number of ketones is 1. The van der Waals surface area contributed by atoms with Crippen LogP contribution in [0.25, 0.3) is 0 Å². The van der Waals surface area contributed by atoms with Crippen molar-refractivity contribution in [1.29, 1.82) is 0 Å². The fraction of sp³-hybridized carbons (Fsp3) is 0.188. The van der Waals surface area contributed by atoms with E-state index in [0.717, 1.165) is 0 Å². The first kappa shape index (κ1) is 13.5. The molecule has 1 N–H and O–H groups in total. The summed E-state index contributed by atoms with van der Waals surface area (Å²) in [5.41, 5.74) is -0.659. The lowest BCUT2D eigenvalue weighted by Gasteiger charge is -2.26. The third-order valence-corrected chi connectivity index (χ3v) is 3.02. The third kappa shape index (κ3) is 2.72. The van der Waals surface area contributed by atoms with Crippen LogP contribution < -0.4 is 0 Å². The Labute approximate surface area is 112 Å². The summed E-state index contributed by atoms with van der Waals surface area (Å²) in [5.74, 6) is -0.360. The summed E-state index contributed by atoms with van der Waals surface area (Å²) < 4.78 is 5.03. The Balaban J connectivity index is 2.43. The fourth-order valence-corrected chi connectivity index (χ4v) is 2.03. The minimum absolute atomic E-state index is 0.0786. The molecule has 1 unspecified atom stereocenters. The van der Waals surface area contributed by atoms with Gasteiger partial charge >= 0.3 is 0 Å². The van der Waals surface area contributed by atoms with E-state index in [4.69, 9.17) is 4.74 Å². The number of ether oxygens (including phenoxy) is 1. The van der Waals surface area contributed by atoms with Crippen LogP contribution in [-0.2, 0) is 10.3 Å². The molecule has 2 aromatic carbocycles. The highest BCUT2D eigenvalue weighted by molar-refractivity contribution is 6.02. The van der Waals surface area contributed by atoms with Gasteiger partial charge in [-0.05, 0) is 5.56 Å². The van der Waals surface area contributed by atoms with Gasteiger partial charge in [0, 0.05) is 12.7 Å². The molecule has 2 aromatic rings. The third-order valence-electron chi connectivity index (χ3n) is 3.02. The molecule has 0 saturated heterocycles. The SMILES string of the molecule is COCC(O)(C(=O)c1ccccc1)c1ccccc1. The maximum atomic E-state index is 12.5. The zero-order valence-corrected chi connectivity index (χ0v) is 10.7. The van der Waals surface area contributed by atoms with Gasteiger partial charge in [-0.2, -0.15) is 0 Å². The summed E-state index contributed by atoms with van der Waals surface area (Å²) >= 11 is 0. The Kier molecular flexibility index (Phi) is 4.10. The summed E-state index contributed by atoms with van der Waals surface area (Å²) in [6.45, 7) is -0.0786. The quantitative estimate of drug-likeness (QED) is 0.836. The number of aliphatic hydroxyl groups is 1. The molecule has 0 aliphatic rings. The van der Waals surface area contributed by atoms with Crippen LogP contribution in [0.5, 0.6) is 0 Å². The van der Waals surface area contributed by atoms with Crippen LogP contribution in [0.1, 0.15) is 15.9 Å². The van der Waals surface area contributed by atoms with Crippen molar-refractivity contribution in [1.82, 2.24) is 0 Å². The zero-order valence-electron chi connectivity index (χ0n) is 10.7. The van der Waals surface area contributed by atoms with Gasteiger partial charge in [0.05, 0.1) is 6.61 Å². The maximum Gasteiger partial charge on any atom is 0.201 e. The van der Waals surface area contributed by atoms with Crippen molar-refractivity contribution in [2.24, 2.45) is 0 Å². The second kappa shape index (κ2) is 5.78. The normalized spacial score (nSPS) is 13.8. The van der Waals surface area contributed by atoms with E-state index in [1.165, 1.54) is 7.11 Å². The van der Waals surface area contributed by atoms with E-state index in [1.54, 1.807) is 48.5 Å². The van der Waals surface area contributed by atoms with E-state index < -0.39 is 5.60 Å². The highest BCUT2D eigenvalue weighted by Gasteiger charge is 2.38. The molecular formula is C16H16O3. The van der Waals surface area contributed by atoms with Crippen LogP contribution in [0.15, 0.2) is 60.7 Å². The van der Waals surface area contributed by atoms with Gasteiger partial charge < -0.3 is 9.84 Å². The van der Waals surface area contributed by atoms with E-state index in [-0.39, 0.29) is 12.4 Å². The Morgan fingerprint density at radius 3 is 2.11 bits per heavy atom. The van der Waals surface area contributed by atoms with Crippen molar-refractivity contribution >= 4 is 5.78 Å². The molecule has 1 atom stereocenters. The van der Waals surface area contributed by atoms with Gasteiger partial charge in [-0.15, -0.1) is 0 Å². The van der Waals surface area contributed by atoms with Crippen LogP contribution in [0.4, 0.5) is 0 Å². The molecule has 0 aliphatic heterocycles. The maximum absolute atomic E-state index is 12.5. The predicted molar refractivity (Wildman–Crippen MR) is 73.0 cm³/mol. The highest BCUT2D eigenvalue weighted by Crippen LogP contribution is 2.26. The van der Waals surface area contributed by atoms with E-state index in [2.05, 4.69) is 0 Å². The van der Waals surface area contributed by atoms with Gasteiger partial charge in [0.25, 0.3) is 0 Å². The monoisotopic (exact) mass is 256 g/mol. The highest BCUT2D eigenvalue weighted by atomic mass is 16.5. The molecular weight excluding hydrogens is 240 g/mol. The number of benzene rings is 2. The van der Waals surface area contributed by atoms with E-state index in [0.29, 0.717) is 11.1 Å². The molecule has 0 amide bonds. The van der Waals surface area contributed by atoms with Crippen molar-refractivity contribution in [3.05, 3.63) is 71.8 Å². The molecule has 0 aliphatic carbocycles. The van der Waals surface area contributed by atoms with Crippen molar-refractivity contribution in [2.45, 2.75) is 5.60 Å². The molecule has 0 fully saturated rings. The average Bonchev–Trinajstić information content (AvgIpc) is 2.48. The van der Waals surface area contributed by atoms with Crippen molar-refractivity contribution in [2.75, 3.05) is 13.7 Å². The first-order chi connectivity index (χ1) is 9.18. The molecule has 3 heteroatoms. The van der Waals surface area contributed by atoms with Gasteiger partial charge in [-0.1, -0.05) is 60.7 Å². The molecule has 0 heterocycles. The number of carbonyl (C=O) groups is 1. The topological polar surface area (TPSA) is 46.5 Å². The second-order valence-electron chi connectivity index (χ2n) is 4.35. The predicted octanol–water partition coefficient (Wildman–Crippen LogP) is 2.40. The molecule has 0 saturated carbocycles. The molecule has 0 radical (unpaired) electrons. The summed E-state index contributed by atoms with van der Waals surface area (Å²) in [4.78, 5) is 12.5. The summed E-state index contributed by atoms with van der Waals surface area (Å²) in [5, 5.41) is 10.7. The number of hydrogen-bond acceptors (Lipinski definition) is 3. The van der Waals surface area contributed by atoms with Gasteiger partial charge in [0.15, 0.2) is 5.60 Å². The molecule has 19 heavy (non-hydrogen) atoms. The lowest BCUT2D eigenvalue weighted by molar-refractivity contribution is -0.0177. The first-order valence-corrected chi connectivity index (χ1v) is 6.05. The Morgan fingerprint density at radius 2 is 1.58 bits per heavy atom. The van der Waals surface area contributed by atoms with Crippen LogP contribution in [0, 0.1) is 0 Å². The minimum Gasteiger partial charge on any atom is -0.381 e. The lowest BCUT2D eigenvalue weighted by Crippen LogP contribution is -2.40. The smallest absolute Gasteiger partial charge is 0.201 e. The standard InChI is InChI=1S/C16H16O3/c1-19-12-16(18,14-10-6-3-7-11-14)15(17)13-8-4-2-5-9-13/h2-11,18H,12H2,1H3. The fourth-order valence-electron chi connectivity index (χ4n) is 2.03. The van der Waals surface area contributed by atoms with Gasteiger partial charge in [0.1, 0.15) is 0 Å². The van der Waals surface area contributed by atoms with Gasteiger partial charge in [-0.3, -0.25) is 4.79 Å².